The van der Waals surface area contributed by atoms with Gasteiger partial charge in [0.05, 0.1) is 12.9 Å². The summed E-state index contributed by atoms with van der Waals surface area (Å²) in [5.74, 6) is 0.246. The third kappa shape index (κ3) is 3.07. The van der Waals surface area contributed by atoms with Crippen molar-refractivity contribution in [1.82, 2.24) is 4.98 Å². The standard InChI is InChI=1S/C9H8N2O2S/c1-10-7-4-3-5-8(11-7)14-6-9(12)13-2/h3-5H,6H2,2H3. The summed E-state index contributed by atoms with van der Waals surface area (Å²) in [7, 11) is 1.34. The van der Waals surface area contributed by atoms with E-state index in [0.717, 1.165) is 0 Å². The molecule has 0 saturated heterocycles. The molecule has 1 rings (SSSR count). The van der Waals surface area contributed by atoms with Crippen molar-refractivity contribution in [1.29, 1.82) is 0 Å². The van der Waals surface area contributed by atoms with Crippen LogP contribution in [0, 0.1) is 6.57 Å². The van der Waals surface area contributed by atoms with Gasteiger partial charge in [-0.25, -0.2) is 0 Å². The Kier molecular flexibility index (Phi) is 3.95. The molecule has 0 aliphatic heterocycles. The average molecular weight is 208 g/mol. The number of methoxy groups -OCH3 is 1. The number of ether oxygens (including phenoxy) is 1. The molecule has 0 atom stereocenters. The summed E-state index contributed by atoms with van der Waals surface area (Å²) < 4.78 is 4.48. The van der Waals surface area contributed by atoms with Crippen LogP contribution in [0.5, 0.6) is 0 Å². The van der Waals surface area contributed by atoms with Crippen LogP contribution in [0.15, 0.2) is 23.2 Å². The molecule has 0 spiro atoms. The molecule has 14 heavy (non-hydrogen) atoms. The van der Waals surface area contributed by atoms with Crippen LogP contribution in [-0.4, -0.2) is 23.8 Å². The highest BCUT2D eigenvalue weighted by atomic mass is 32.2. The number of esters is 1. The highest BCUT2D eigenvalue weighted by Crippen LogP contribution is 2.18. The lowest BCUT2D eigenvalue weighted by atomic mass is 10.5. The molecule has 72 valence electrons. The van der Waals surface area contributed by atoms with Crippen LogP contribution in [0.1, 0.15) is 0 Å². The molecule has 0 fully saturated rings. The Morgan fingerprint density at radius 1 is 1.71 bits per heavy atom. The molecule has 0 unspecified atom stereocenters. The van der Waals surface area contributed by atoms with Gasteiger partial charge < -0.3 is 9.58 Å². The molecule has 0 aliphatic carbocycles. The van der Waals surface area contributed by atoms with Gasteiger partial charge in [-0.1, -0.05) is 24.4 Å². The minimum absolute atomic E-state index is 0.213. The van der Waals surface area contributed by atoms with E-state index in [4.69, 9.17) is 6.57 Å². The number of pyridine rings is 1. The smallest absolute Gasteiger partial charge is 0.316 e. The van der Waals surface area contributed by atoms with E-state index in [2.05, 4.69) is 14.6 Å². The van der Waals surface area contributed by atoms with Crippen LogP contribution in [0.25, 0.3) is 4.85 Å². The molecule has 0 radical (unpaired) electrons. The summed E-state index contributed by atoms with van der Waals surface area (Å²) in [5, 5.41) is 0.656. The number of carbonyl (C=O) groups excluding carboxylic acids is 1. The summed E-state index contributed by atoms with van der Waals surface area (Å²) in [6.45, 7) is 6.75. The van der Waals surface area contributed by atoms with Crippen LogP contribution in [-0.2, 0) is 9.53 Å². The van der Waals surface area contributed by atoms with E-state index in [9.17, 15) is 4.79 Å². The van der Waals surface area contributed by atoms with Crippen molar-refractivity contribution >= 4 is 23.5 Å². The molecule has 4 nitrogen and oxygen atoms in total. The fourth-order valence-electron chi connectivity index (χ4n) is 0.738. The van der Waals surface area contributed by atoms with E-state index in [0.29, 0.717) is 10.8 Å². The first-order valence-corrected chi connectivity index (χ1v) is 4.79. The molecule has 0 amide bonds. The summed E-state index contributed by atoms with van der Waals surface area (Å²) in [6.07, 6.45) is 0. The predicted octanol–water partition coefficient (Wildman–Crippen LogP) is 1.90. The van der Waals surface area contributed by atoms with Crippen molar-refractivity contribution in [2.24, 2.45) is 0 Å². The van der Waals surface area contributed by atoms with Crippen molar-refractivity contribution in [3.05, 3.63) is 29.6 Å². The Labute approximate surface area is 86.1 Å². The third-order valence-electron chi connectivity index (χ3n) is 1.39. The van der Waals surface area contributed by atoms with Crippen molar-refractivity contribution in [3.63, 3.8) is 0 Å². The fraction of sp³-hybridized carbons (Fsp3) is 0.222. The zero-order chi connectivity index (χ0) is 10.4. The number of hydrogen-bond acceptors (Lipinski definition) is 4. The van der Waals surface area contributed by atoms with E-state index >= 15 is 0 Å². The first-order chi connectivity index (χ1) is 6.76. The van der Waals surface area contributed by atoms with E-state index in [-0.39, 0.29) is 11.7 Å². The Hall–Kier alpha value is -1.54. The zero-order valence-corrected chi connectivity index (χ0v) is 8.37. The molecule has 1 aromatic rings. The molecular weight excluding hydrogens is 200 g/mol. The highest BCUT2D eigenvalue weighted by molar-refractivity contribution is 7.99. The maximum Gasteiger partial charge on any atom is 0.316 e. The lowest BCUT2D eigenvalue weighted by Crippen LogP contribution is -2.02. The Morgan fingerprint density at radius 3 is 3.14 bits per heavy atom. The molecule has 0 saturated carbocycles. The lowest BCUT2D eigenvalue weighted by Gasteiger charge is -1.96. The Balaban J connectivity index is 2.60. The Bertz CT molecular complexity index is 373. The van der Waals surface area contributed by atoms with Crippen LogP contribution in [0.2, 0.25) is 0 Å². The van der Waals surface area contributed by atoms with Gasteiger partial charge in [0, 0.05) is 0 Å². The van der Waals surface area contributed by atoms with Gasteiger partial charge in [0.15, 0.2) is 5.03 Å². The number of thioether (sulfide) groups is 1. The van der Waals surface area contributed by atoms with Gasteiger partial charge in [0.2, 0.25) is 0 Å². The first-order valence-electron chi connectivity index (χ1n) is 3.80. The molecule has 0 aliphatic rings. The monoisotopic (exact) mass is 208 g/mol. The van der Waals surface area contributed by atoms with Crippen molar-refractivity contribution in [2.75, 3.05) is 12.9 Å². The van der Waals surface area contributed by atoms with Gasteiger partial charge in [-0.2, -0.15) is 0 Å². The molecule has 0 aromatic carbocycles. The molecule has 1 heterocycles. The third-order valence-corrected chi connectivity index (χ3v) is 2.29. The van der Waals surface area contributed by atoms with E-state index in [1.165, 1.54) is 18.9 Å². The van der Waals surface area contributed by atoms with Crippen molar-refractivity contribution in [2.45, 2.75) is 5.03 Å². The van der Waals surface area contributed by atoms with Gasteiger partial charge in [0.1, 0.15) is 0 Å². The summed E-state index contributed by atoms with van der Waals surface area (Å²) in [4.78, 5) is 18.0. The lowest BCUT2D eigenvalue weighted by molar-refractivity contribution is -0.137. The quantitative estimate of drug-likeness (QED) is 0.432. The molecule has 0 N–H and O–H groups in total. The van der Waals surface area contributed by atoms with Crippen LogP contribution >= 0.6 is 11.8 Å². The summed E-state index contributed by atoms with van der Waals surface area (Å²) in [5.41, 5.74) is 0. The maximum absolute atomic E-state index is 10.8. The molecular formula is C9H8N2O2S. The van der Waals surface area contributed by atoms with Crippen LogP contribution < -0.4 is 0 Å². The SMILES string of the molecule is [C-]#[N+]c1cccc(SCC(=O)OC)n1. The van der Waals surface area contributed by atoms with E-state index in [1.807, 2.05) is 0 Å². The molecule has 1 aromatic heterocycles. The number of aromatic nitrogens is 1. The number of rotatable bonds is 3. The Morgan fingerprint density at radius 2 is 2.50 bits per heavy atom. The van der Waals surface area contributed by atoms with Crippen LogP contribution in [0.4, 0.5) is 5.82 Å². The second kappa shape index (κ2) is 5.25. The number of carbonyl (C=O) groups is 1. The van der Waals surface area contributed by atoms with Gasteiger partial charge in [0.25, 0.3) is 5.82 Å². The van der Waals surface area contributed by atoms with Crippen molar-refractivity contribution in [3.8, 4) is 0 Å². The van der Waals surface area contributed by atoms with E-state index < -0.39 is 0 Å². The zero-order valence-electron chi connectivity index (χ0n) is 7.56. The summed E-state index contributed by atoms with van der Waals surface area (Å²) in [6, 6.07) is 5.11. The van der Waals surface area contributed by atoms with Crippen molar-refractivity contribution < 1.29 is 9.53 Å². The average Bonchev–Trinajstić information content (AvgIpc) is 2.26. The van der Waals surface area contributed by atoms with Crippen LogP contribution in [0.3, 0.4) is 0 Å². The maximum atomic E-state index is 10.8. The highest BCUT2D eigenvalue weighted by Gasteiger charge is 2.05. The van der Waals surface area contributed by atoms with Gasteiger partial charge in [-0.15, -0.1) is 4.98 Å². The fourth-order valence-corrected chi connectivity index (χ4v) is 1.45. The second-order valence-corrected chi connectivity index (χ2v) is 3.31. The van der Waals surface area contributed by atoms with E-state index in [1.54, 1.807) is 18.2 Å². The number of nitrogens with zero attached hydrogens (tertiary/aromatic N) is 2. The molecule has 0 bridgehead atoms. The van der Waals surface area contributed by atoms with Gasteiger partial charge >= 0.3 is 5.97 Å². The van der Waals surface area contributed by atoms with Gasteiger partial charge in [-0.05, 0) is 12.1 Å². The molecule has 5 heteroatoms. The predicted molar refractivity (Wildman–Crippen MR) is 53.2 cm³/mol. The summed E-state index contributed by atoms with van der Waals surface area (Å²) >= 11 is 1.25. The first kappa shape index (κ1) is 10.5. The normalized spacial score (nSPS) is 9.14. The second-order valence-electron chi connectivity index (χ2n) is 2.31. The minimum atomic E-state index is -0.301. The minimum Gasteiger partial charge on any atom is -0.468 e. The van der Waals surface area contributed by atoms with Gasteiger partial charge in [-0.3, -0.25) is 4.79 Å². The largest absolute Gasteiger partial charge is 0.468 e. The number of hydrogen-bond donors (Lipinski definition) is 0. The topological polar surface area (TPSA) is 43.5 Å².